The van der Waals surface area contributed by atoms with Crippen LogP contribution in [0.5, 0.6) is 0 Å². The van der Waals surface area contributed by atoms with Gasteiger partial charge in [0, 0.05) is 34.1 Å². The maximum Gasteiger partial charge on any atom is 2.00 e. The molecule has 4 aromatic carbocycles. The third-order valence-electron chi connectivity index (χ3n) is 7.47. The Balaban J connectivity index is 0.00000256. The van der Waals surface area contributed by atoms with Crippen LogP contribution in [0, 0.1) is 0 Å². The van der Waals surface area contributed by atoms with Crippen LogP contribution < -0.4 is 20.9 Å². The van der Waals surface area contributed by atoms with Gasteiger partial charge in [-0.3, -0.25) is 0 Å². The second kappa shape index (κ2) is 8.96. The summed E-state index contributed by atoms with van der Waals surface area (Å²) >= 11 is 0. The van der Waals surface area contributed by atoms with Gasteiger partial charge in [-0.25, -0.2) is 4.99 Å². The molecule has 1 unspecified atom stereocenters. The third kappa shape index (κ3) is 3.57. The average Bonchev–Trinajstić information content (AvgIpc) is 3.73. The number of aromatic nitrogens is 2. The number of amidine groups is 3. The molecule has 0 N–H and O–H groups in total. The van der Waals surface area contributed by atoms with Gasteiger partial charge in [0.15, 0.2) is 0 Å². The Kier molecular flexibility index (Phi) is 5.19. The SMILES string of the molecule is [Cu+2].c1ccc2c(c1)C1=N/C2=N\c2[n-]c(c3ccccc23)/N=C2\[N-]C(/N=c3\[n-]c(c4ccccc34)=N1)c1ccccc12. The molecule has 0 spiro atoms. The van der Waals surface area contributed by atoms with E-state index in [2.05, 4.69) is 0 Å². The number of nitrogens with zero attached hydrogens (tertiary/aromatic N) is 8. The molecule has 0 saturated heterocycles. The summed E-state index contributed by atoms with van der Waals surface area (Å²) < 4.78 is 0. The summed E-state index contributed by atoms with van der Waals surface area (Å²) in [4.78, 5) is 34.6. The Morgan fingerprint density at radius 2 is 1.05 bits per heavy atom. The van der Waals surface area contributed by atoms with Gasteiger partial charge in [-0.2, -0.15) is 0 Å². The Labute approximate surface area is 243 Å². The Hall–Kier alpha value is -5.11. The second-order valence-electron chi connectivity index (χ2n) is 9.79. The summed E-state index contributed by atoms with van der Waals surface area (Å²) in [7, 11) is 0. The first-order valence-corrected chi connectivity index (χ1v) is 13.0. The van der Waals surface area contributed by atoms with Gasteiger partial charge >= 0.3 is 17.1 Å². The molecule has 1 radical (unpaired) electrons. The molecule has 9 rings (SSSR count). The van der Waals surface area contributed by atoms with Crippen LogP contribution in [0.3, 0.4) is 0 Å². The minimum Gasteiger partial charge on any atom is -0.451 e. The van der Waals surface area contributed by atoms with Crippen molar-refractivity contribution in [3.8, 4) is 0 Å². The fraction of sp³-hybridized carbons (Fsp3) is 0.0312. The molecule has 0 fully saturated rings. The largest absolute Gasteiger partial charge is 2.00 e. The van der Waals surface area contributed by atoms with Crippen LogP contribution in [0.25, 0.3) is 26.9 Å². The molecule has 1 atom stereocenters. The predicted octanol–water partition coefficient (Wildman–Crippen LogP) is 5.16. The minimum atomic E-state index is -0.483. The first-order valence-electron chi connectivity index (χ1n) is 13.0. The first-order chi connectivity index (χ1) is 19.8. The van der Waals surface area contributed by atoms with E-state index in [-0.39, 0.29) is 17.1 Å². The molecule has 197 valence electrons. The summed E-state index contributed by atoms with van der Waals surface area (Å²) in [6.45, 7) is 0. The van der Waals surface area contributed by atoms with Gasteiger partial charge in [-0.05, 0) is 38.5 Å². The fourth-order valence-corrected chi connectivity index (χ4v) is 5.59. The zero-order valence-electron chi connectivity index (χ0n) is 21.2. The van der Waals surface area contributed by atoms with Gasteiger partial charge in [-0.1, -0.05) is 103 Å². The van der Waals surface area contributed by atoms with Gasteiger partial charge in [-0.15, -0.1) is 0 Å². The van der Waals surface area contributed by atoms with E-state index >= 15 is 0 Å². The number of aliphatic imine (C=N–C) groups is 3. The molecule has 5 heterocycles. The van der Waals surface area contributed by atoms with Crippen LogP contribution in [-0.4, -0.2) is 17.5 Å². The molecule has 0 aliphatic carbocycles. The molecule has 9 heteroatoms. The average molecular weight is 577 g/mol. The standard InChI is InChI=1S/C32H17N8.Cu/c1-2-10-18-17(9-1)25-33-26(18)38-28-21-13-5-6-14-22(21)30(35-28)40-32-24-16-8-7-15-23(24)31(36-32)39-29-20-12-4-3-11-19(20)27(34-29)37-25;/h1-16,25H;/q-3;+2. The minimum absolute atomic E-state index is 0. The summed E-state index contributed by atoms with van der Waals surface area (Å²) in [6.07, 6.45) is -0.483. The van der Waals surface area contributed by atoms with E-state index in [1.165, 1.54) is 0 Å². The fourth-order valence-electron chi connectivity index (χ4n) is 5.59. The van der Waals surface area contributed by atoms with Crippen molar-refractivity contribution in [2.24, 2.45) is 25.0 Å². The first kappa shape index (κ1) is 23.7. The van der Waals surface area contributed by atoms with E-state index in [1.807, 2.05) is 97.1 Å². The quantitative estimate of drug-likeness (QED) is 0.233. The van der Waals surface area contributed by atoms with Crippen LogP contribution >= 0.6 is 0 Å². The van der Waals surface area contributed by atoms with Crippen molar-refractivity contribution in [3.63, 3.8) is 0 Å². The predicted molar refractivity (Wildman–Crippen MR) is 155 cm³/mol. The summed E-state index contributed by atoms with van der Waals surface area (Å²) in [5.41, 5.74) is 4.86. The molecule has 0 amide bonds. The third-order valence-corrected chi connectivity index (χ3v) is 7.47. The molecule has 2 aromatic heterocycles. The van der Waals surface area contributed by atoms with E-state index in [4.69, 9.17) is 40.2 Å². The van der Waals surface area contributed by atoms with Crippen LogP contribution in [0.1, 0.15) is 28.4 Å². The molecule has 3 aliphatic rings. The molecule has 6 aromatic rings. The van der Waals surface area contributed by atoms with Gasteiger partial charge < -0.3 is 35.3 Å². The number of rotatable bonds is 0. The van der Waals surface area contributed by atoms with E-state index in [0.717, 1.165) is 43.8 Å². The van der Waals surface area contributed by atoms with E-state index in [1.54, 1.807) is 0 Å². The normalized spacial score (nSPS) is 19.8. The number of benzene rings is 4. The number of fused-ring (bicyclic) bond motifs is 19. The van der Waals surface area contributed by atoms with Crippen LogP contribution in [0.4, 0.5) is 11.6 Å². The molecular formula is C32H17CuN8-. The van der Waals surface area contributed by atoms with Gasteiger partial charge in [0.1, 0.15) is 0 Å². The van der Waals surface area contributed by atoms with Crippen molar-refractivity contribution in [2.75, 3.05) is 0 Å². The number of hydrogen-bond donors (Lipinski definition) is 0. The Morgan fingerprint density at radius 3 is 1.78 bits per heavy atom. The van der Waals surface area contributed by atoms with Crippen LogP contribution in [-0.2, 0) is 17.1 Å². The zero-order chi connectivity index (χ0) is 26.2. The van der Waals surface area contributed by atoms with Crippen LogP contribution in [0.15, 0.2) is 122 Å². The summed E-state index contributed by atoms with van der Waals surface area (Å²) in [5, 5.41) is 8.58. The summed E-state index contributed by atoms with van der Waals surface area (Å²) in [5.74, 6) is 2.83. The Bertz CT molecular complexity index is 2260. The maximum absolute atomic E-state index is 5.03. The van der Waals surface area contributed by atoms with Crippen LogP contribution in [0.2, 0.25) is 0 Å². The molecule has 0 saturated carbocycles. The maximum atomic E-state index is 5.03. The zero-order valence-corrected chi connectivity index (χ0v) is 22.1. The Morgan fingerprint density at radius 1 is 0.488 bits per heavy atom. The second-order valence-corrected chi connectivity index (χ2v) is 9.79. The van der Waals surface area contributed by atoms with E-state index in [9.17, 15) is 0 Å². The summed E-state index contributed by atoms with van der Waals surface area (Å²) in [6, 6.07) is 32.0. The topological polar surface area (TPSA) is 104 Å². The van der Waals surface area contributed by atoms with Crippen molar-refractivity contribution >= 4 is 50.7 Å². The van der Waals surface area contributed by atoms with Crippen molar-refractivity contribution in [3.05, 3.63) is 136 Å². The molecule has 41 heavy (non-hydrogen) atoms. The van der Waals surface area contributed by atoms with Crippen molar-refractivity contribution < 1.29 is 17.1 Å². The van der Waals surface area contributed by atoms with Gasteiger partial charge in [0.2, 0.25) is 0 Å². The van der Waals surface area contributed by atoms with E-state index < -0.39 is 6.17 Å². The van der Waals surface area contributed by atoms with Gasteiger partial charge in [0.05, 0.1) is 11.7 Å². The number of hydrogen-bond acceptors (Lipinski definition) is 5. The molecular weight excluding hydrogens is 560 g/mol. The molecule has 8 bridgehead atoms. The van der Waals surface area contributed by atoms with Crippen molar-refractivity contribution in [1.82, 2.24) is 9.97 Å². The van der Waals surface area contributed by atoms with Gasteiger partial charge in [0.25, 0.3) is 0 Å². The van der Waals surface area contributed by atoms with E-state index in [0.29, 0.717) is 40.1 Å². The molecule has 8 nitrogen and oxygen atoms in total. The molecule has 3 aliphatic heterocycles. The van der Waals surface area contributed by atoms with Crippen molar-refractivity contribution in [2.45, 2.75) is 6.17 Å². The monoisotopic (exact) mass is 576 g/mol. The van der Waals surface area contributed by atoms with Crippen molar-refractivity contribution in [1.29, 1.82) is 0 Å². The smallest absolute Gasteiger partial charge is 0.451 e.